The second-order valence-corrected chi connectivity index (χ2v) is 20.5. The van der Waals surface area contributed by atoms with E-state index in [2.05, 4.69) is 36.4 Å². The van der Waals surface area contributed by atoms with Crippen LogP contribution in [0.4, 0.5) is 19.0 Å². The number of alkyl carbamates (subject to hydrolysis) is 1. The van der Waals surface area contributed by atoms with E-state index in [1.54, 1.807) is 37.0 Å². The molecule has 0 spiro atoms. The number of anilines is 1. The normalized spacial score (nSPS) is 13.7. The van der Waals surface area contributed by atoms with Crippen LogP contribution in [-0.4, -0.2) is 48.0 Å². The molecule has 2 unspecified atom stereocenters. The number of fused-ring (bicyclic) bond motifs is 1. The minimum absolute atomic E-state index is 0.203. The van der Waals surface area contributed by atoms with Crippen molar-refractivity contribution in [1.29, 1.82) is 0 Å². The molecule has 0 saturated heterocycles. The number of aromatic nitrogens is 1. The Morgan fingerprint density at radius 2 is 1.80 bits per heavy atom. The van der Waals surface area contributed by atoms with E-state index in [0.717, 1.165) is 14.5 Å². The summed E-state index contributed by atoms with van der Waals surface area (Å²) in [6, 6.07) is 3.08. The topological polar surface area (TPSA) is 80.8 Å². The second kappa shape index (κ2) is 12.8. The Balaban J connectivity index is 2.10. The van der Waals surface area contributed by atoms with Gasteiger partial charge in [-0.05, 0) is 71.4 Å². The number of thiophene rings is 2. The van der Waals surface area contributed by atoms with E-state index in [-0.39, 0.29) is 6.42 Å². The first kappa shape index (κ1) is 33.0. The summed E-state index contributed by atoms with van der Waals surface area (Å²) in [5, 5.41) is 5.32. The van der Waals surface area contributed by atoms with Crippen molar-refractivity contribution in [3.8, 4) is 11.5 Å². The van der Waals surface area contributed by atoms with E-state index in [1.807, 2.05) is 38.3 Å². The van der Waals surface area contributed by atoms with E-state index in [1.165, 1.54) is 29.8 Å². The molecule has 2 atom stereocenters. The van der Waals surface area contributed by atoms with Gasteiger partial charge in [-0.15, -0.1) is 28.2 Å². The fraction of sp³-hybridized carbons (Fsp3) is 0.552. The third-order valence-corrected chi connectivity index (χ3v) is 9.30. The van der Waals surface area contributed by atoms with Gasteiger partial charge in [0.25, 0.3) is 0 Å². The van der Waals surface area contributed by atoms with Gasteiger partial charge in [-0.1, -0.05) is 31.6 Å². The molecule has 3 aromatic rings. The molecule has 7 nitrogen and oxygen atoms in total. The van der Waals surface area contributed by atoms with Gasteiger partial charge in [-0.2, -0.15) is 4.37 Å². The zero-order chi connectivity index (χ0) is 30.8. The SMILES string of the molecule is CC(F)C(Cc1sc2c(N(Cc3cccs3)C(=O)OC(C)(C)C)snc2c1C#C[Si](C)(C)C)NC(=O)OC(C)(C)C. The third kappa shape index (κ3) is 9.80. The maximum Gasteiger partial charge on any atom is 0.415 e. The maximum atomic E-state index is 14.8. The molecule has 0 bridgehead atoms. The van der Waals surface area contributed by atoms with Gasteiger partial charge in [0.1, 0.15) is 36.0 Å². The number of nitrogens with zero attached hydrogens (tertiary/aromatic N) is 2. The van der Waals surface area contributed by atoms with Crippen molar-refractivity contribution in [3.63, 3.8) is 0 Å². The summed E-state index contributed by atoms with van der Waals surface area (Å²) >= 11 is 4.20. The number of nitrogens with one attached hydrogen (secondary N) is 1. The Bertz CT molecular complexity index is 1420. The van der Waals surface area contributed by atoms with Crippen molar-refractivity contribution in [3.05, 3.63) is 32.8 Å². The van der Waals surface area contributed by atoms with Gasteiger partial charge in [0.05, 0.1) is 22.8 Å². The summed E-state index contributed by atoms with van der Waals surface area (Å²) in [5.74, 6) is 3.34. The molecule has 0 radical (unpaired) electrons. The predicted octanol–water partition coefficient (Wildman–Crippen LogP) is 8.38. The standard InChI is InChI=1S/C29H40FN3O4S3Si/c1-18(30)21(31-26(34)36-28(2,3)4)16-22-20(13-15-41(8,9)10)23-24(39-22)25(40-32-23)33(17-19-12-11-14-38-19)27(35)37-29(5,6)7/h11-12,14,18,21H,16-17H2,1-10H3,(H,31,34). The summed E-state index contributed by atoms with van der Waals surface area (Å²) in [7, 11) is -1.77. The molecule has 3 rings (SSSR count). The summed E-state index contributed by atoms with van der Waals surface area (Å²) in [5.41, 5.74) is 3.42. The number of alkyl halides is 1. The quantitative estimate of drug-likeness (QED) is 0.208. The lowest BCUT2D eigenvalue weighted by atomic mass is 10.1. The average Bonchev–Trinajstić information content (AvgIpc) is 3.50. The number of ether oxygens (including phenoxy) is 2. The Hall–Kier alpha value is -2.46. The number of hydrogen-bond acceptors (Lipinski definition) is 8. The third-order valence-electron chi connectivity index (χ3n) is 5.35. The molecule has 2 amide bonds. The molecule has 0 aliphatic carbocycles. The van der Waals surface area contributed by atoms with Gasteiger partial charge in [0.2, 0.25) is 0 Å². The summed E-state index contributed by atoms with van der Waals surface area (Å²) < 4.78 is 31.5. The minimum atomic E-state index is -1.77. The highest BCUT2D eigenvalue weighted by molar-refractivity contribution is 7.25. The van der Waals surface area contributed by atoms with E-state index in [9.17, 15) is 14.0 Å². The molecule has 0 aliphatic heterocycles. The first-order valence-electron chi connectivity index (χ1n) is 13.4. The minimum Gasteiger partial charge on any atom is -0.444 e. The number of carbonyl (C=O) groups is 2. The summed E-state index contributed by atoms with van der Waals surface area (Å²) in [6.07, 6.45) is -2.28. The summed E-state index contributed by atoms with van der Waals surface area (Å²) in [6.45, 7) is 19.0. The Kier molecular flexibility index (Phi) is 10.3. The van der Waals surface area contributed by atoms with Crippen LogP contribution in [-0.2, 0) is 22.4 Å². The Morgan fingerprint density at radius 1 is 1.15 bits per heavy atom. The molecule has 0 aliphatic rings. The Morgan fingerprint density at radius 3 is 2.34 bits per heavy atom. The lowest BCUT2D eigenvalue weighted by Gasteiger charge is -2.26. The number of halogens is 1. The number of carbonyl (C=O) groups excluding carboxylic acids is 2. The highest BCUT2D eigenvalue weighted by atomic mass is 32.1. The maximum absolute atomic E-state index is 14.8. The van der Waals surface area contributed by atoms with Crippen molar-refractivity contribution in [2.45, 2.75) is 104 Å². The molecule has 1 N–H and O–H groups in total. The van der Waals surface area contributed by atoms with Crippen LogP contribution >= 0.6 is 34.2 Å². The van der Waals surface area contributed by atoms with E-state index in [4.69, 9.17) is 13.8 Å². The van der Waals surface area contributed by atoms with Crippen LogP contribution in [0, 0.1) is 11.5 Å². The van der Waals surface area contributed by atoms with Gasteiger partial charge in [-0.25, -0.2) is 14.0 Å². The smallest absolute Gasteiger partial charge is 0.415 e. The molecule has 41 heavy (non-hydrogen) atoms. The van der Waals surface area contributed by atoms with E-state index in [0.29, 0.717) is 22.6 Å². The zero-order valence-corrected chi connectivity index (χ0v) is 28.9. The van der Waals surface area contributed by atoms with Crippen LogP contribution < -0.4 is 10.2 Å². The van der Waals surface area contributed by atoms with Crippen molar-refractivity contribution in [2.75, 3.05) is 4.90 Å². The fourth-order valence-corrected chi connectivity index (χ4v) is 7.07. The van der Waals surface area contributed by atoms with Gasteiger partial charge in [-0.3, -0.25) is 4.90 Å². The highest BCUT2D eigenvalue weighted by Crippen LogP contribution is 2.42. The van der Waals surface area contributed by atoms with Crippen LogP contribution in [0.2, 0.25) is 19.6 Å². The van der Waals surface area contributed by atoms with Crippen molar-refractivity contribution < 1.29 is 23.5 Å². The number of hydrogen-bond donors (Lipinski definition) is 1. The van der Waals surface area contributed by atoms with Crippen LogP contribution in [0.5, 0.6) is 0 Å². The van der Waals surface area contributed by atoms with Crippen LogP contribution in [0.15, 0.2) is 17.5 Å². The first-order valence-corrected chi connectivity index (χ1v) is 19.4. The van der Waals surface area contributed by atoms with Crippen molar-refractivity contribution in [2.24, 2.45) is 0 Å². The molecule has 224 valence electrons. The molecule has 12 heteroatoms. The lowest BCUT2D eigenvalue weighted by molar-refractivity contribution is 0.0477. The predicted molar refractivity (Wildman–Crippen MR) is 172 cm³/mol. The van der Waals surface area contributed by atoms with Gasteiger partial charge in [0, 0.05) is 16.2 Å². The van der Waals surface area contributed by atoms with Crippen LogP contribution in [0.1, 0.15) is 63.8 Å². The van der Waals surface area contributed by atoms with Crippen LogP contribution in [0.3, 0.4) is 0 Å². The average molecular weight is 638 g/mol. The molecular formula is C29H40FN3O4S3Si. The molecule has 0 fully saturated rings. The zero-order valence-electron chi connectivity index (χ0n) is 25.4. The largest absolute Gasteiger partial charge is 0.444 e. The molecule has 0 saturated carbocycles. The number of rotatable bonds is 7. The van der Waals surface area contributed by atoms with Gasteiger partial charge >= 0.3 is 12.2 Å². The second-order valence-electron chi connectivity index (χ2n) is 12.8. The number of amides is 2. The van der Waals surface area contributed by atoms with Crippen molar-refractivity contribution in [1.82, 2.24) is 9.69 Å². The van der Waals surface area contributed by atoms with Crippen molar-refractivity contribution >= 4 is 69.7 Å². The van der Waals surface area contributed by atoms with Crippen LogP contribution in [0.25, 0.3) is 10.2 Å². The van der Waals surface area contributed by atoms with Gasteiger partial charge < -0.3 is 14.8 Å². The summed E-state index contributed by atoms with van der Waals surface area (Å²) in [4.78, 5) is 29.4. The van der Waals surface area contributed by atoms with Gasteiger partial charge in [0.15, 0.2) is 0 Å². The molecule has 3 aromatic heterocycles. The Labute approximate surface area is 255 Å². The first-order chi connectivity index (χ1) is 18.8. The van der Waals surface area contributed by atoms with E-state index >= 15 is 0 Å². The molecule has 3 heterocycles. The molecule has 0 aromatic carbocycles. The lowest BCUT2D eigenvalue weighted by Crippen LogP contribution is -2.44. The monoisotopic (exact) mass is 637 g/mol. The highest BCUT2D eigenvalue weighted by Gasteiger charge is 2.31. The fourth-order valence-electron chi connectivity index (χ4n) is 3.61. The molecular weight excluding hydrogens is 598 g/mol. The van der Waals surface area contributed by atoms with E-state index < -0.39 is 43.7 Å².